The van der Waals surface area contributed by atoms with Gasteiger partial charge in [-0.25, -0.2) is 8.42 Å². The van der Waals surface area contributed by atoms with Crippen LogP contribution in [-0.2, 0) is 24.3 Å². The van der Waals surface area contributed by atoms with Crippen LogP contribution in [0.2, 0.25) is 0 Å². The van der Waals surface area contributed by atoms with Gasteiger partial charge < -0.3 is 14.6 Å². The van der Waals surface area contributed by atoms with Gasteiger partial charge in [-0.05, 0) is 12.8 Å². The van der Waals surface area contributed by atoms with E-state index in [0.717, 1.165) is 0 Å². The van der Waals surface area contributed by atoms with Gasteiger partial charge in [0.05, 0.1) is 5.25 Å². The number of ether oxygens (including phenoxy) is 2. The zero-order valence-corrected chi connectivity index (χ0v) is 11.4. The highest BCUT2D eigenvalue weighted by molar-refractivity contribution is 7.90. The summed E-state index contributed by atoms with van der Waals surface area (Å²) in [4.78, 5) is 11.4. The molecule has 110 valence electrons. The van der Waals surface area contributed by atoms with E-state index in [-0.39, 0.29) is 26.1 Å². The molecule has 0 aromatic rings. The molecule has 0 aromatic heterocycles. The number of hydrogen-bond acceptors (Lipinski definition) is 5. The molecular formula is C11H19NO6S. The Bertz CT molecular complexity index is 422. The Kier molecular flexibility index (Phi) is 4.44. The largest absolute Gasteiger partial charge is 0.480 e. The first-order chi connectivity index (χ1) is 8.96. The number of rotatable bonds is 4. The van der Waals surface area contributed by atoms with E-state index in [1.165, 1.54) is 0 Å². The van der Waals surface area contributed by atoms with Crippen LogP contribution in [0.1, 0.15) is 25.7 Å². The first kappa shape index (κ1) is 14.7. The SMILES string of the molecule is O=C(O)C1(NS(=O)(=O)C2CCOCC2)CCOCC1. The van der Waals surface area contributed by atoms with E-state index in [1.54, 1.807) is 0 Å². The third kappa shape index (κ3) is 3.25. The molecule has 2 aliphatic heterocycles. The lowest BCUT2D eigenvalue weighted by Gasteiger charge is -2.35. The van der Waals surface area contributed by atoms with Crippen molar-refractivity contribution in [1.82, 2.24) is 4.72 Å². The molecule has 2 N–H and O–H groups in total. The van der Waals surface area contributed by atoms with Crippen molar-refractivity contribution in [3.05, 3.63) is 0 Å². The second-order valence-corrected chi connectivity index (χ2v) is 6.92. The summed E-state index contributed by atoms with van der Waals surface area (Å²) in [6, 6.07) is 0. The molecule has 2 aliphatic rings. The standard InChI is InChI=1S/C11H19NO6S/c13-10(14)11(3-7-18-8-4-11)12-19(15,16)9-1-5-17-6-2-9/h9,12H,1-8H2,(H,13,14). The zero-order chi connectivity index (χ0) is 13.9. The van der Waals surface area contributed by atoms with E-state index in [1.807, 2.05) is 0 Å². The molecular weight excluding hydrogens is 274 g/mol. The predicted molar refractivity (Wildman–Crippen MR) is 66.3 cm³/mol. The van der Waals surface area contributed by atoms with Gasteiger partial charge in [-0.2, -0.15) is 4.72 Å². The Morgan fingerprint density at radius 1 is 1.11 bits per heavy atom. The quantitative estimate of drug-likeness (QED) is 0.739. The minimum absolute atomic E-state index is 0.158. The molecule has 0 spiro atoms. The van der Waals surface area contributed by atoms with Crippen LogP contribution in [0.15, 0.2) is 0 Å². The van der Waals surface area contributed by atoms with E-state index >= 15 is 0 Å². The molecule has 0 aromatic carbocycles. The molecule has 0 radical (unpaired) electrons. The van der Waals surface area contributed by atoms with E-state index in [4.69, 9.17) is 9.47 Å². The van der Waals surface area contributed by atoms with Gasteiger partial charge in [0.15, 0.2) is 0 Å². The van der Waals surface area contributed by atoms with Crippen LogP contribution < -0.4 is 4.72 Å². The number of hydrogen-bond donors (Lipinski definition) is 2. The number of carboxylic acids is 1. The van der Waals surface area contributed by atoms with Crippen LogP contribution >= 0.6 is 0 Å². The van der Waals surface area contributed by atoms with E-state index in [0.29, 0.717) is 26.1 Å². The third-order valence-corrected chi connectivity index (χ3v) is 5.72. The highest BCUT2D eigenvalue weighted by Crippen LogP contribution is 2.25. The highest BCUT2D eigenvalue weighted by atomic mass is 32.2. The van der Waals surface area contributed by atoms with Gasteiger partial charge in [0.25, 0.3) is 0 Å². The van der Waals surface area contributed by atoms with E-state index in [2.05, 4.69) is 4.72 Å². The molecule has 19 heavy (non-hydrogen) atoms. The van der Waals surface area contributed by atoms with Crippen molar-refractivity contribution in [1.29, 1.82) is 0 Å². The Balaban J connectivity index is 2.13. The van der Waals surface area contributed by atoms with Crippen LogP contribution in [0.25, 0.3) is 0 Å². The van der Waals surface area contributed by atoms with Crippen LogP contribution in [0.3, 0.4) is 0 Å². The van der Waals surface area contributed by atoms with Crippen molar-refractivity contribution in [3.8, 4) is 0 Å². The molecule has 7 nitrogen and oxygen atoms in total. The van der Waals surface area contributed by atoms with Crippen molar-refractivity contribution < 1.29 is 27.8 Å². The Morgan fingerprint density at radius 3 is 2.16 bits per heavy atom. The number of carbonyl (C=O) groups is 1. The van der Waals surface area contributed by atoms with Gasteiger partial charge >= 0.3 is 5.97 Å². The smallest absolute Gasteiger partial charge is 0.325 e. The number of nitrogens with one attached hydrogen (secondary N) is 1. The van der Waals surface area contributed by atoms with Crippen LogP contribution in [-0.4, -0.2) is 56.7 Å². The van der Waals surface area contributed by atoms with Gasteiger partial charge in [0.2, 0.25) is 10.0 Å². The van der Waals surface area contributed by atoms with Crippen molar-refractivity contribution in [3.63, 3.8) is 0 Å². The zero-order valence-electron chi connectivity index (χ0n) is 10.6. The Morgan fingerprint density at radius 2 is 1.63 bits per heavy atom. The minimum atomic E-state index is -3.65. The summed E-state index contributed by atoms with van der Waals surface area (Å²) in [6.45, 7) is 1.30. The summed E-state index contributed by atoms with van der Waals surface area (Å²) in [7, 11) is -3.65. The second kappa shape index (κ2) is 5.74. The third-order valence-electron chi connectivity index (χ3n) is 3.70. The molecule has 0 atom stereocenters. The predicted octanol–water partition coefficient (Wildman–Crippen LogP) is -0.281. The molecule has 2 saturated heterocycles. The molecule has 0 saturated carbocycles. The molecule has 8 heteroatoms. The lowest BCUT2D eigenvalue weighted by Crippen LogP contribution is -2.59. The normalized spacial score (nSPS) is 25.1. The Hall–Kier alpha value is -0.700. The van der Waals surface area contributed by atoms with Crippen LogP contribution in [0, 0.1) is 0 Å². The molecule has 0 aliphatic carbocycles. The average molecular weight is 293 g/mol. The molecule has 0 amide bonds. The maximum atomic E-state index is 12.3. The fraction of sp³-hybridized carbons (Fsp3) is 0.909. The molecule has 2 fully saturated rings. The van der Waals surface area contributed by atoms with Crippen molar-refractivity contribution in [2.45, 2.75) is 36.5 Å². The summed E-state index contributed by atoms with van der Waals surface area (Å²) in [6.07, 6.45) is 1.12. The number of sulfonamides is 1. The minimum Gasteiger partial charge on any atom is -0.480 e. The van der Waals surface area contributed by atoms with Gasteiger partial charge in [-0.3, -0.25) is 4.79 Å². The topological polar surface area (TPSA) is 102 Å². The molecule has 0 unspecified atom stereocenters. The maximum Gasteiger partial charge on any atom is 0.325 e. The first-order valence-corrected chi connectivity index (χ1v) is 7.93. The summed E-state index contributed by atoms with van der Waals surface area (Å²) >= 11 is 0. The van der Waals surface area contributed by atoms with Gasteiger partial charge in [0.1, 0.15) is 5.54 Å². The average Bonchev–Trinajstić information content (AvgIpc) is 2.40. The lowest BCUT2D eigenvalue weighted by molar-refractivity contribution is -0.147. The summed E-state index contributed by atoms with van der Waals surface area (Å²) in [5.74, 6) is -1.13. The molecule has 2 heterocycles. The Labute approximate surface area is 112 Å². The molecule has 2 rings (SSSR count). The first-order valence-electron chi connectivity index (χ1n) is 6.38. The fourth-order valence-corrected chi connectivity index (χ4v) is 4.24. The summed E-state index contributed by atoms with van der Waals surface area (Å²) < 4.78 is 37.2. The van der Waals surface area contributed by atoms with Gasteiger partial charge in [-0.1, -0.05) is 0 Å². The fourth-order valence-electron chi connectivity index (χ4n) is 2.42. The van der Waals surface area contributed by atoms with Gasteiger partial charge in [0, 0.05) is 39.3 Å². The van der Waals surface area contributed by atoms with Crippen molar-refractivity contribution in [2.24, 2.45) is 0 Å². The van der Waals surface area contributed by atoms with Crippen LogP contribution in [0.4, 0.5) is 0 Å². The summed E-state index contributed by atoms with van der Waals surface area (Å²) in [5, 5.41) is 8.77. The maximum absolute atomic E-state index is 12.3. The molecule has 0 bridgehead atoms. The number of carboxylic acid groups (broad SMARTS) is 1. The monoisotopic (exact) mass is 293 g/mol. The number of aliphatic carboxylic acids is 1. The van der Waals surface area contributed by atoms with Crippen molar-refractivity contribution >= 4 is 16.0 Å². The van der Waals surface area contributed by atoms with Gasteiger partial charge in [-0.15, -0.1) is 0 Å². The lowest BCUT2D eigenvalue weighted by atomic mass is 9.92. The highest BCUT2D eigenvalue weighted by Gasteiger charge is 2.45. The van der Waals surface area contributed by atoms with E-state index in [9.17, 15) is 18.3 Å². The summed E-state index contributed by atoms with van der Waals surface area (Å²) in [5.41, 5.74) is -1.42. The van der Waals surface area contributed by atoms with E-state index < -0.39 is 26.8 Å². The van der Waals surface area contributed by atoms with Crippen LogP contribution in [0.5, 0.6) is 0 Å². The van der Waals surface area contributed by atoms with Crippen molar-refractivity contribution in [2.75, 3.05) is 26.4 Å². The second-order valence-electron chi connectivity index (χ2n) is 4.96.